The van der Waals surface area contributed by atoms with Gasteiger partial charge in [0.2, 0.25) is 5.75 Å². The van der Waals surface area contributed by atoms with E-state index in [0.29, 0.717) is 13.0 Å². The molecule has 1 aliphatic rings. The van der Waals surface area contributed by atoms with Gasteiger partial charge in [0.15, 0.2) is 16.4 Å². The number of nitro benzene ring substituents is 1. The van der Waals surface area contributed by atoms with Crippen LogP contribution in [0.25, 0.3) is 0 Å². The van der Waals surface area contributed by atoms with Crippen LogP contribution in [0.1, 0.15) is 23.7 Å². The third kappa shape index (κ3) is 6.20. The van der Waals surface area contributed by atoms with E-state index in [-0.39, 0.29) is 39.3 Å². The van der Waals surface area contributed by atoms with Crippen molar-refractivity contribution in [3.05, 3.63) is 63.2 Å². The van der Waals surface area contributed by atoms with E-state index in [9.17, 15) is 28.1 Å². The number of carbonyl (C=O) groups excluding carboxylic acids is 2. The maximum atomic E-state index is 12.4. The largest absolute Gasteiger partial charge is 0.452 e. The van der Waals surface area contributed by atoms with Gasteiger partial charge >= 0.3 is 11.7 Å². The fourth-order valence-corrected chi connectivity index (χ4v) is 5.36. The number of nitro groups is 1. The molecule has 1 fully saturated rings. The standard InChI is InChI=1S/C21H21ClN2O8S/c1-2-23(16-9-10-33(29,30)13-16)20(25)12-31-21(26)14-3-6-17(7-4-14)32-19-8-5-15(22)11-18(19)24(27)28/h3-8,11,16H,2,9-10,12-13H2,1H3. The second-order valence-corrected chi connectivity index (χ2v) is 9.97. The third-order valence-electron chi connectivity index (χ3n) is 5.07. The minimum Gasteiger partial charge on any atom is -0.452 e. The van der Waals surface area contributed by atoms with Gasteiger partial charge in [0.25, 0.3) is 5.91 Å². The lowest BCUT2D eigenvalue weighted by molar-refractivity contribution is -0.385. The molecule has 33 heavy (non-hydrogen) atoms. The van der Waals surface area contributed by atoms with Crippen molar-refractivity contribution in [2.75, 3.05) is 24.7 Å². The number of sulfone groups is 1. The van der Waals surface area contributed by atoms with Crippen LogP contribution in [0, 0.1) is 10.1 Å². The molecule has 0 saturated carbocycles. The van der Waals surface area contributed by atoms with E-state index < -0.39 is 39.3 Å². The molecule has 3 rings (SSSR count). The molecule has 0 aromatic heterocycles. The van der Waals surface area contributed by atoms with Gasteiger partial charge in [-0.3, -0.25) is 14.9 Å². The van der Waals surface area contributed by atoms with E-state index in [1.54, 1.807) is 6.92 Å². The fourth-order valence-electron chi connectivity index (χ4n) is 3.46. The first kappa shape index (κ1) is 24.5. The lowest BCUT2D eigenvalue weighted by Gasteiger charge is -2.26. The summed E-state index contributed by atoms with van der Waals surface area (Å²) in [6, 6.07) is 9.21. The van der Waals surface area contributed by atoms with Gasteiger partial charge in [0.1, 0.15) is 5.75 Å². The average Bonchev–Trinajstić information content (AvgIpc) is 3.13. The fraction of sp³-hybridized carbons (Fsp3) is 0.333. The first-order chi connectivity index (χ1) is 15.6. The highest BCUT2D eigenvalue weighted by molar-refractivity contribution is 7.91. The Hall–Kier alpha value is -3.18. The zero-order valence-corrected chi connectivity index (χ0v) is 19.2. The first-order valence-corrected chi connectivity index (χ1v) is 12.2. The van der Waals surface area contributed by atoms with Crippen LogP contribution in [0.5, 0.6) is 11.5 Å². The summed E-state index contributed by atoms with van der Waals surface area (Å²) in [6.45, 7) is 1.52. The molecule has 1 unspecified atom stereocenters. The van der Waals surface area contributed by atoms with E-state index in [1.807, 2.05) is 0 Å². The number of benzene rings is 2. The molecule has 1 atom stereocenters. The summed E-state index contributed by atoms with van der Waals surface area (Å²) in [5.74, 6) is -1.04. The van der Waals surface area contributed by atoms with Crippen LogP contribution in [0.15, 0.2) is 42.5 Å². The summed E-state index contributed by atoms with van der Waals surface area (Å²) >= 11 is 5.78. The summed E-state index contributed by atoms with van der Waals surface area (Å²) in [7, 11) is -3.15. The predicted octanol–water partition coefficient (Wildman–Crippen LogP) is 3.23. The molecule has 0 aliphatic carbocycles. The SMILES string of the molecule is CCN(C(=O)COC(=O)c1ccc(Oc2ccc(Cl)cc2[N+](=O)[O-])cc1)C1CCS(=O)(=O)C1. The lowest BCUT2D eigenvalue weighted by Crippen LogP contribution is -2.43. The first-order valence-electron chi connectivity index (χ1n) is 9.98. The number of esters is 1. The number of rotatable bonds is 8. The summed E-state index contributed by atoms with van der Waals surface area (Å²) in [5, 5.41) is 11.4. The highest BCUT2D eigenvalue weighted by Gasteiger charge is 2.34. The van der Waals surface area contributed by atoms with Gasteiger partial charge < -0.3 is 14.4 Å². The van der Waals surface area contributed by atoms with Crippen molar-refractivity contribution in [2.45, 2.75) is 19.4 Å². The Kier molecular flexibility index (Phi) is 7.54. The zero-order valence-electron chi connectivity index (χ0n) is 17.6. The molecule has 0 bridgehead atoms. The van der Waals surface area contributed by atoms with Crippen molar-refractivity contribution in [1.82, 2.24) is 4.90 Å². The minimum absolute atomic E-state index is 0.0149. The Balaban J connectivity index is 1.59. The van der Waals surface area contributed by atoms with Crippen LogP contribution >= 0.6 is 11.6 Å². The summed E-state index contributed by atoms with van der Waals surface area (Å²) in [6.07, 6.45) is 0.364. The Morgan fingerprint density at radius 3 is 2.48 bits per heavy atom. The topological polar surface area (TPSA) is 133 Å². The Morgan fingerprint density at radius 1 is 1.21 bits per heavy atom. The van der Waals surface area contributed by atoms with E-state index in [4.69, 9.17) is 21.1 Å². The van der Waals surface area contributed by atoms with Crippen molar-refractivity contribution < 1.29 is 32.4 Å². The second kappa shape index (κ2) is 10.2. The molecule has 1 amide bonds. The molecule has 2 aromatic carbocycles. The molecule has 10 nitrogen and oxygen atoms in total. The van der Waals surface area contributed by atoms with Crippen molar-refractivity contribution in [3.8, 4) is 11.5 Å². The summed E-state index contributed by atoms with van der Waals surface area (Å²) in [5.41, 5.74) is -0.160. The van der Waals surface area contributed by atoms with Crippen LogP contribution in [-0.2, 0) is 19.4 Å². The highest BCUT2D eigenvalue weighted by atomic mass is 35.5. The van der Waals surface area contributed by atoms with Gasteiger partial charge in [-0.2, -0.15) is 0 Å². The minimum atomic E-state index is -3.15. The van der Waals surface area contributed by atoms with Crippen LogP contribution < -0.4 is 4.74 Å². The molecule has 0 N–H and O–H groups in total. The molecule has 1 heterocycles. The van der Waals surface area contributed by atoms with Gasteiger partial charge in [-0.1, -0.05) is 11.6 Å². The number of hydrogen-bond donors (Lipinski definition) is 0. The van der Waals surface area contributed by atoms with Crippen LogP contribution in [0.4, 0.5) is 5.69 Å². The highest BCUT2D eigenvalue weighted by Crippen LogP contribution is 2.33. The molecule has 12 heteroatoms. The predicted molar refractivity (Wildman–Crippen MR) is 119 cm³/mol. The molecule has 2 aromatic rings. The molecular weight excluding hydrogens is 476 g/mol. The number of halogens is 1. The van der Waals surface area contributed by atoms with Gasteiger partial charge in [0.05, 0.1) is 22.0 Å². The summed E-state index contributed by atoms with van der Waals surface area (Å²) < 4.78 is 33.9. The Morgan fingerprint density at radius 2 is 1.91 bits per heavy atom. The number of ether oxygens (including phenoxy) is 2. The number of amides is 1. The zero-order chi connectivity index (χ0) is 24.2. The van der Waals surface area contributed by atoms with Crippen LogP contribution in [0.3, 0.4) is 0 Å². The van der Waals surface area contributed by atoms with Gasteiger partial charge in [0, 0.05) is 23.7 Å². The van der Waals surface area contributed by atoms with E-state index >= 15 is 0 Å². The van der Waals surface area contributed by atoms with Crippen LogP contribution in [-0.4, -0.2) is 60.8 Å². The lowest BCUT2D eigenvalue weighted by atomic mass is 10.2. The third-order valence-corrected chi connectivity index (χ3v) is 7.06. The maximum absolute atomic E-state index is 12.4. The number of carbonyl (C=O) groups is 2. The van der Waals surface area contributed by atoms with Gasteiger partial charge in [-0.15, -0.1) is 0 Å². The maximum Gasteiger partial charge on any atom is 0.338 e. The van der Waals surface area contributed by atoms with Crippen molar-refractivity contribution in [3.63, 3.8) is 0 Å². The molecule has 1 saturated heterocycles. The van der Waals surface area contributed by atoms with E-state index in [1.165, 1.54) is 47.4 Å². The number of likely N-dealkylation sites (N-methyl/N-ethyl adjacent to an activating group) is 1. The Labute approximate surface area is 195 Å². The average molecular weight is 497 g/mol. The normalized spacial score (nSPS) is 16.7. The van der Waals surface area contributed by atoms with E-state index in [0.717, 1.165) is 0 Å². The molecule has 176 valence electrons. The molecule has 1 aliphatic heterocycles. The van der Waals surface area contributed by atoms with Crippen molar-refractivity contribution >= 4 is 39.0 Å². The quantitative estimate of drug-likeness (QED) is 0.309. The van der Waals surface area contributed by atoms with E-state index in [2.05, 4.69) is 0 Å². The number of nitrogens with zero attached hydrogens (tertiary/aromatic N) is 2. The number of hydrogen-bond acceptors (Lipinski definition) is 8. The molecular formula is C21H21ClN2O8S. The van der Waals surface area contributed by atoms with Crippen molar-refractivity contribution in [2.24, 2.45) is 0 Å². The van der Waals surface area contributed by atoms with Crippen LogP contribution in [0.2, 0.25) is 5.02 Å². The molecule has 0 spiro atoms. The molecule has 0 radical (unpaired) electrons. The second-order valence-electron chi connectivity index (χ2n) is 7.31. The van der Waals surface area contributed by atoms with Crippen molar-refractivity contribution in [1.29, 1.82) is 0 Å². The smallest absolute Gasteiger partial charge is 0.338 e. The van der Waals surface area contributed by atoms with Gasteiger partial charge in [-0.05, 0) is 49.7 Å². The Bertz CT molecular complexity index is 1170. The van der Waals surface area contributed by atoms with Gasteiger partial charge in [-0.25, -0.2) is 13.2 Å². The summed E-state index contributed by atoms with van der Waals surface area (Å²) in [4.78, 5) is 36.7. The monoisotopic (exact) mass is 496 g/mol.